The maximum absolute atomic E-state index is 12.9. The van der Waals surface area contributed by atoms with Crippen molar-refractivity contribution in [1.82, 2.24) is 10.2 Å². The Morgan fingerprint density at radius 3 is 2.52 bits per heavy atom. The molecular formula is C14H10F4N4O2S. The Hall–Kier alpha value is -2.56. The summed E-state index contributed by atoms with van der Waals surface area (Å²) in [5.41, 5.74) is 0.442. The summed E-state index contributed by atoms with van der Waals surface area (Å²) in [6.45, 7) is 0.0429. The first-order valence-corrected chi connectivity index (χ1v) is 7.83. The van der Waals surface area contributed by atoms with Gasteiger partial charge in [-0.25, -0.2) is 4.39 Å². The largest absolute Gasteiger partial charge is 0.445 e. The Kier molecular flexibility index (Phi) is 4.41. The van der Waals surface area contributed by atoms with Crippen molar-refractivity contribution in [3.8, 4) is 0 Å². The van der Waals surface area contributed by atoms with Crippen LogP contribution in [0.2, 0.25) is 0 Å². The summed E-state index contributed by atoms with van der Waals surface area (Å²) in [7, 11) is 0. The number of alkyl halides is 3. The van der Waals surface area contributed by atoms with Gasteiger partial charge in [-0.15, -0.1) is 10.2 Å². The van der Waals surface area contributed by atoms with Crippen LogP contribution in [0.1, 0.15) is 11.4 Å². The number of carbonyl (C=O) groups is 2. The molecule has 2 heterocycles. The van der Waals surface area contributed by atoms with Gasteiger partial charge in [-0.2, -0.15) is 13.2 Å². The minimum Gasteiger partial charge on any atom is -0.312 e. The van der Waals surface area contributed by atoms with E-state index in [1.54, 1.807) is 0 Å². The molecule has 2 aromatic rings. The molecule has 1 aromatic heterocycles. The van der Waals surface area contributed by atoms with Crippen molar-refractivity contribution in [2.45, 2.75) is 12.6 Å². The van der Waals surface area contributed by atoms with Gasteiger partial charge in [-0.3, -0.25) is 9.59 Å². The van der Waals surface area contributed by atoms with E-state index in [1.165, 1.54) is 29.2 Å². The number of hydrogen-bond donors (Lipinski definition) is 1. The van der Waals surface area contributed by atoms with Crippen LogP contribution in [0.4, 0.5) is 28.4 Å². The fraction of sp³-hybridized carbons (Fsp3) is 0.286. The lowest BCUT2D eigenvalue weighted by molar-refractivity contribution is -0.138. The highest BCUT2D eigenvalue weighted by molar-refractivity contribution is 7.15. The monoisotopic (exact) mass is 374 g/mol. The third-order valence-corrected chi connectivity index (χ3v) is 4.42. The molecule has 2 amide bonds. The van der Waals surface area contributed by atoms with Gasteiger partial charge in [-0.05, 0) is 24.3 Å². The van der Waals surface area contributed by atoms with Gasteiger partial charge in [0.15, 0.2) is 0 Å². The molecular weight excluding hydrogens is 364 g/mol. The molecule has 1 aromatic carbocycles. The van der Waals surface area contributed by atoms with Crippen molar-refractivity contribution in [3.05, 3.63) is 35.1 Å². The van der Waals surface area contributed by atoms with E-state index in [0.29, 0.717) is 5.69 Å². The smallest absolute Gasteiger partial charge is 0.312 e. The molecule has 0 aliphatic carbocycles. The first-order chi connectivity index (χ1) is 11.7. The van der Waals surface area contributed by atoms with Gasteiger partial charge >= 0.3 is 6.18 Å². The molecule has 132 valence electrons. The zero-order valence-corrected chi connectivity index (χ0v) is 13.2. The van der Waals surface area contributed by atoms with Crippen LogP contribution < -0.4 is 10.2 Å². The molecule has 1 saturated heterocycles. The molecule has 0 radical (unpaired) electrons. The molecule has 1 N–H and O–H groups in total. The van der Waals surface area contributed by atoms with E-state index in [0.717, 1.165) is 0 Å². The van der Waals surface area contributed by atoms with Crippen LogP contribution in [0.25, 0.3) is 0 Å². The molecule has 0 unspecified atom stereocenters. The van der Waals surface area contributed by atoms with E-state index in [4.69, 9.17) is 0 Å². The lowest BCUT2D eigenvalue weighted by atomic mass is 10.1. The van der Waals surface area contributed by atoms with Gasteiger partial charge in [0.1, 0.15) is 5.82 Å². The highest BCUT2D eigenvalue weighted by Gasteiger charge is 2.38. The van der Waals surface area contributed by atoms with Gasteiger partial charge in [0, 0.05) is 18.7 Å². The van der Waals surface area contributed by atoms with Gasteiger partial charge in [-0.1, -0.05) is 11.3 Å². The Morgan fingerprint density at radius 2 is 1.92 bits per heavy atom. The number of benzene rings is 1. The summed E-state index contributed by atoms with van der Waals surface area (Å²) in [6.07, 6.45) is -4.74. The second kappa shape index (κ2) is 6.39. The maximum Gasteiger partial charge on any atom is 0.445 e. The molecule has 0 spiro atoms. The normalized spacial score (nSPS) is 17.8. The minimum atomic E-state index is -4.64. The van der Waals surface area contributed by atoms with Crippen LogP contribution in [-0.2, 0) is 15.8 Å². The number of hydrogen-bond acceptors (Lipinski definition) is 5. The van der Waals surface area contributed by atoms with Crippen LogP contribution in [0.5, 0.6) is 0 Å². The number of nitrogens with one attached hydrogen (secondary N) is 1. The summed E-state index contributed by atoms with van der Waals surface area (Å²) >= 11 is 0.207. The summed E-state index contributed by atoms with van der Waals surface area (Å²) in [4.78, 5) is 25.5. The molecule has 3 rings (SSSR count). The fourth-order valence-corrected chi connectivity index (χ4v) is 2.96. The number of anilines is 2. The van der Waals surface area contributed by atoms with Crippen LogP contribution in [-0.4, -0.2) is 28.6 Å². The number of rotatable bonds is 3. The molecule has 6 nitrogen and oxygen atoms in total. The van der Waals surface area contributed by atoms with Gasteiger partial charge in [0.25, 0.3) is 0 Å². The van der Waals surface area contributed by atoms with Gasteiger partial charge in [0.2, 0.25) is 22.0 Å². The van der Waals surface area contributed by atoms with Crippen molar-refractivity contribution in [1.29, 1.82) is 0 Å². The quantitative estimate of drug-likeness (QED) is 0.839. The topological polar surface area (TPSA) is 75.2 Å². The van der Waals surface area contributed by atoms with Crippen molar-refractivity contribution >= 4 is 34.0 Å². The lowest BCUT2D eigenvalue weighted by Crippen LogP contribution is -2.28. The van der Waals surface area contributed by atoms with Crippen molar-refractivity contribution in [2.24, 2.45) is 5.92 Å². The fourth-order valence-electron chi connectivity index (χ4n) is 2.35. The predicted molar refractivity (Wildman–Crippen MR) is 80.4 cm³/mol. The molecule has 1 aliphatic heterocycles. The van der Waals surface area contributed by atoms with E-state index >= 15 is 0 Å². The molecule has 25 heavy (non-hydrogen) atoms. The molecule has 11 heteroatoms. The average molecular weight is 374 g/mol. The standard InChI is InChI=1S/C14H10F4N4O2S/c15-8-1-3-9(4-2-8)22-6-7(5-10(22)23)11(24)19-13-21-20-12(25-13)14(16,17)18/h1-4,7H,5-6H2,(H,19,21,24)/t7-/m0/s1. The highest BCUT2D eigenvalue weighted by Crippen LogP contribution is 2.33. The van der Waals surface area contributed by atoms with E-state index in [1.807, 2.05) is 0 Å². The Bertz CT molecular complexity index is 806. The van der Waals surface area contributed by atoms with Crippen molar-refractivity contribution in [2.75, 3.05) is 16.8 Å². The van der Waals surface area contributed by atoms with Crippen LogP contribution in [0.3, 0.4) is 0 Å². The SMILES string of the molecule is O=C(Nc1nnc(C(F)(F)F)s1)[C@H]1CC(=O)N(c2ccc(F)cc2)C1. The average Bonchev–Trinajstić information content (AvgIpc) is 3.15. The summed E-state index contributed by atoms with van der Waals surface area (Å²) in [5.74, 6) is -2.17. The number of halogens is 4. The Labute approximate surface area is 142 Å². The predicted octanol–water partition coefficient (Wildman–Crippen LogP) is 2.69. The third-order valence-electron chi connectivity index (χ3n) is 3.53. The number of amides is 2. The van der Waals surface area contributed by atoms with E-state index < -0.39 is 28.8 Å². The van der Waals surface area contributed by atoms with Gasteiger partial charge < -0.3 is 10.2 Å². The summed E-state index contributed by atoms with van der Waals surface area (Å²) < 4.78 is 50.4. The molecule has 1 fully saturated rings. The summed E-state index contributed by atoms with van der Waals surface area (Å²) in [6, 6.07) is 5.20. The first-order valence-electron chi connectivity index (χ1n) is 7.01. The van der Waals surface area contributed by atoms with Crippen LogP contribution in [0, 0.1) is 11.7 Å². The van der Waals surface area contributed by atoms with Crippen molar-refractivity contribution < 1.29 is 27.2 Å². The molecule has 1 atom stereocenters. The number of carbonyl (C=O) groups excluding carboxylic acids is 2. The molecule has 0 saturated carbocycles. The number of aromatic nitrogens is 2. The van der Waals surface area contributed by atoms with Crippen molar-refractivity contribution in [3.63, 3.8) is 0 Å². The third kappa shape index (κ3) is 3.76. The maximum atomic E-state index is 12.9. The Morgan fingerprint density at radius 1 is 1.24 bits per heavy atom. The summed E-state index contributed by atoms with van der Waals surface area (Å²) in [5, 5.41) is 7.03. The minimum absolute atomic E-state index is 0.0429. The van der Waals surface area contributed by atoms with E-state index in [9.17, 15) is 27.2 Å². The lowest BCUT2D eigenvalue weighted by Gasteiger charge is -2.16. The van der Waals surface area contributed by atoms with E-state index in [2.05, 4.69) is 15.5 Å². The Balaban J connectivity index is 1.66. The second-order valence-electron chi connectivity index (χ2n) is 5.28. The zero-order chi connectivity index (χ0) is 18.2. The first kappa shape index (κ1) is 17.3. The van der Waals surface area contributed by atoms with Gasteiger partial charge in [0.05, 0.1) is 5.92 Å². The molecule has 1 aliphatic rings. The highest BCUT2D eigenvalue weighted by atomic mass is 32.1. The zero-order valence-electron chi connectivity index (χ0n) is 12.4. The molecule has 0 bridgehead atoms. The second-order valence-corrected chi connectivity index (χ2v) is 6.26. The number of nitrogens with zero attached hydrogens (tertiary/aromatic N) is 3. The van der Waals surface area contributed by atoms with E-state index in [-0.39, 0.29) is 35.3 Å². The van der Waals surface area contributed by atoms with Crippen LogP contribution in [0.15, 0.2) is 24.3 Å². The van der Waals surface area contributed by atoms with Crippen LogP contribution >= 0.6 is 11.3 Å².